The second-order valence-electron chi connectivity index (χ2n) is 9.60. The van der Waals surface area contributed by atoms with Crippen molar-refractivity contribution in [2.24, 2.45) is 5.73 Å². The number of fused-ring (bicyclic) bond motifs is 1. The molecule has 0 radical (unpaired) electrons. The zero-order valence-electron chi connectivity index (χ0n) is 21.9. The third-order valence-electron chi connectivity index (χ3n) is 6.93. The van der Waals surface area contributed by atoms with Gasteiger partial charge in [-0.05, 0) is 100 Å². The lowest BCUT2D eigenvalue weighted by Gasteiger charge is -2.35. The number of hydrogen-bond donors (Lipinski definition) is 5. The predicted octanol–water partition coefficient (Wildman–Crippen LogP) is 5.39. The maximum atomic E-state index is 10.9. The van der Waals surface area contributed by atoms with Crippen molar-refractivity contribution in [2.45, 2.75) is 70.8 Å². The SMILES string of the molecule is CCCN(CCCCCCNCCc1ccc(NC(N)=O)cc1)[C@H]1CCc2c(ccc(O)c2O)C1.Cl.Cl. The Bertz CT molecular complexity index is 944. The summed E-state index contributed by atoms with van der Waals surface area (Å²) in [6, 6.07) is 11.4. The summed E-state index contributed by atoms with van der Waals surface area (Å²) in [6.45, 7) is 6.47. The standard InChI is InChI=1S/C28H42N4O3.2ClH/c1-2-18-32(24-12-13-25-22(20-24)9-14-26(33)27(25)34)19-6-4-3-5-16-30-17-15-21-7-10-23(11-8-21)31-28(29)35;;/h7-11,14,24,30,33-34H,2-6,12-13,15-20H2,1H3,(H3,29,31,35);2*1H/t24-;;/m0../s1. The minimum Gasteiger partial charge on any atom is -0.504 e. The predicted molar refractivity (Wildman–Crippen MR) is 157 cm³/mol. The summed E-state index contributed by atoms with van der Waals surface area (Å²) in [5, 5.41) is 26.0. The van der Waals surface area contributed by atoms with Crippen LogP contribution in [0.15, 0.2) is 36.4 Å². The summed E-state index contributed by atoms with van der Waals surface area (Å²) in [5.74, 6) is 0.0717. The van der Waals surface area contributed by atoms with Crippen molar-refractivity contribution in [3.8, 4) is 11.5 Å². The molecular formula is C28H44Cl2N4O3. The van der Waals surface area contributed by atoms with Crippen molar-refractivity contribution in [2.75, 3.05) is 31.5 Å². The molecule has 0 saturated carbocycles. The van der Waals surface area contributed by atoms with Crippen molar-refractivity contribution in [1.82, 2.24) is 10.2 Å². The zero-order chi connectivity index (χ0) is 25.0. The first-order valence-corrected chi connectivity index (χ1v) is 13.1. The van der Waals surface area contributed by atoms with Gasteiger partial charge in [-0.3, -0.25) is 0 Å². The number of nitrogens with one attached hydrogen (secondary N) is 2. The highest BCUT2D eigenvalue weighted by atomic mass is 35.5. The van der Waals surface area contributed by atoms with Crippen LogP contribution in [0.3, 0.4) is 0 Å². The van der Waals surface area contributed by atoms with Crippen molar-refractivity contribution < 1.29 is 15.0 Å². The summed E-state index contributed by atoms with van der Waals surface area (Å²) in [5.41, 5.74) is 9.20. The number of phenolic OH excluding ortho intramolecular Hbond substituents is 2. The van der Waals surface area contributed by atoms with E-state index in [9.17, 15) is 15.0 Å². The Morgan fingerprint density at radius 3 is 2.43 bits per heavy atom. The van der Waals surface area contributed by atoms with Gasteiger partial charge in [0.05, 0.1) is 0 Å². The van der Waals surface area contributed by atoms with Crippen LogP contribution in [-0.2, 0) is 19.3 Å². The molecule has 0 unspecified atom stereocenters. The first-order chi connectivity index (χ1) is 17.0. The van der Waals surface area contributed by atoms with Gasteiger partial charge in [0, 0.05) is 17.3 Å². The van der Waals surface area contributed by atoms with Gasteiger partial charge in [-0.15, -0.1) is 24.8 Å². The molecule has 208 valence electrons. The number of anilines is 1. The van der Waals surface area contributed by atoms with Crippen molar-refractivity contribution in [3.05, 3.63) is 53.1 Å². The van der Waals surface area contributed by atoms with Crippen LogP contribution in [0.25, 0.3) is 0 Å². The number of hydrogen-bond acceptors (Lipinski definition) is 5. The van der Waals surface area contributed by atoms with E-state index in [0.717, 1.165) is 69.5 Å². The number of nitrogens with two attached hydrogens (primary N) is 1. The fourth-order valence-corrected chi connectivity index (χ4v) is 5.05. The molecule has 1 aliphatic rings. The van der Waals surface area contributed by atoms with Gasteiger partial charge in [0.15, 0.2) is 11.5 Å². The van der Waals surface area contributed by atoms with Gasteiger partial charge in [-0.1, -0.05) is 38.0 Å². The van der Waals surface area contributed by atoms with Crippen molar-refractivity contribution >= 4 is 36.5 Å². The second-order valence-corrected chi connectivity index (χ2v) is 9.60. The van der Waals surface area contributed by atoms with E-state index in [1.165, 1.54) is 36.8 Å². The number of unbranched alkanes of at least 4 members (excludes halogenated alkanes) is 3. The Labute approximate surface area is 234 Å². The van der Waals surface area contributed by atoms with Gasteiger partial charge in [-0.25, -0.2) is 4.79 Å². The number of rotatable bonds is 14. The lowest BCUT2D eigenvalue weighted by Crippen LogP contribution is -2.40. The fraction of sp³-hybridized carbons (Fsp3) is 0.536. The first-order valence-electron chi connectivity index (χ1n) is 13.1. The molecule has 0 fully saturated rings. The van der Waals surface area contributed by atoms with Crippen LogP contribution in [0.2, 0.25) is 0 Å². The highest BCUT2D eigenvalue weighted by molar-refractivity contribution is 5.87. The number of halogens is 2. The topological polar surface area (TPSA) is 111 Å². The Morgan fingerprint density at radius 2 is 1.73 bits per heavy atom. The van der Waals surface area contributed by atoms with Crippen LogP contribution in [-0.4, -0.2) is 53.4 Å². The van der Waals surface area contributed by atoms with E-state index in [0.29, 0.717) is 6.04 Å². The van der Waals surface area contributed by atoms with Crippen molar-refractivity contribution in [1.29, 1.82) is 0 Å². The molecule has 1 aliphatic carbocycles. The molecule has 0 heterocycles. The van der Waals surface area contributed by atoms with E-state index in [-0.39, 0.29) is 36.3 Å². The molecule has 3 rings (SSSR count). The van der Waals surface area contributed by atoms with Crippen LogP contribution in [0.1, 0.15) is 62.1 Å². The maximum Gasteiger partial charge on any atom is 0.316 e. The second kappa shape index (κ2) is 17.3. The number of amides is 2. The van der Waals surface area contributed by atoms with Crippen LogP contribution in [0.5, 0.6) is 11.5 Å². The molecule has 0 aliphatic heterocycles. The number of benzene rings is 2. The molecule has 0 bridgehead atoms. The summed E-state index contributed by atoms with van der Waals surface area (Å²) in [7, 11) is 0. The van der Waals surface area contributed by atoms with E-state index >= 15 is 0 Å². The number of aromatic hydroxyl groups is 2. The summed E-state index contributed by atoms with van der Waals surface area (Å²) in [4.78, 5) is 13.5. The van der Waals surface area contributed by atoms with Crippen LogP contribution in [0.4, 0.5) is 10.5 Å². The molecular weight excluding hydrogens is 511 g/mol. The molecule has 0 spiro atoms. The quantitative estimate of drug-likeness (QED) is 0.159. The average Bonchev–Trinajstić information content (AvgIpc) is 2.85. The number of nitrogens with zero attached hydrogens (tertiary/aromatic N) is 1. The number of urea groups is 1. The van der Waals surface area contributed by atoms with E-state index in [1.807, 2.05) is 30.3 Å². The van der Waals surface area contributed by atoms with Crippen LogP contribution >= 0.6 is 24.8 Å². The average molecular weight is 556 g/mol. The Hall–Kier alpha value is -2.19. The normalized spacial score (nSPS) is 14.4. The number of carbonyl (C=O) groups is 1. The lowest BCUT2D eigenvalue weighted by molar-refractivity contribution is 0.175. The van der Waals surface area contributed by atoms with Gasteiger partial charge in [-0.2, -0.15) is 0 Å². The summed E-state index contributed by atoms with van der Waals surface area (Å²) in [6.07, 6.45) is 9.83. The van der Waals surface area contributed by atoms with Crippen LogP contribution in [0, 0.1) is 0 Å². The molecule has 2 aromatic rings. The molecule has 7 nitrogen and oxygen atoms in total. The molecule has 6 N–H and O–H groups in total. The monoisotopic (exact) mass is 554 g/mol. The lowest BCUT2D eigenvalue weighted by atomic mass is 9.86. The molecule has 2 amide bonds. The fourth-order valence-electron chi connectivity index (χ4n) is 5.05. The van der Waals surface area contributed by atoms with Crippen molar-refractivity contribution in [3.63, 3.8) is 0 Å². The smallest absolute Gasteiger partial charge is 0.316 e. The minimum atomic E-state index is -0.541. The molecule has 37 heavy (non-hydrogen) atoms. The van der Waals surface area contributed by atoms with E-state index < -0.39 is 6.03 Å². The first kappa shape index (κ1) is 32.8. The van der Waals surface area contributed by atoms with Gasteiger partial charge in [0.25, 0.3) is 0 Å². The number of carbonyl (C=O) groups excluding carboxylic acids is 1. The Morgan fingerprint density at radius 1 is 1.00 bits per heavy atom. The Balaban J connectivity index is 0.00000342. The highest BCUT2D eigenvalue weighted by Gasteiger charge is 2.26. The third-order valence-corrected chi connectivity index (χ3v) is 6.93. The van der Waals surface area contributed by atoms with Gasteiger partial charge >= 0.3 is 6.03 Å². The molecule has 2 aromatic carbocycles. The molecule has 0 aromatic heterocycles. The number of primary amides is 1. The van der Waals surface area contributed by atoms with E-state index in [4.69, 9.17) is 5.73 Å². The van der Waals surface area contributed by atoms with Crippen LogP contribution < -0.4 is 16.4 Å². The molecule has 9 heteroatoms. The summed E-state index contributed by atoms with van der Waals surface area (Å²) >= 11 is 0. The molecule has 1 atom stereocenters. The Kier molecular flexibility index (Phi) is 15.4. The third kappa shape index (κ3) is 10.6. The largest absolute Gasteiger partial charge is 0.504 e. The summed E-state index contributed by atoms with van der Waals surface area (Å²) < 4.78 is 0. The van der Waals surface area contributed by atoms with E-state index in [1.54, 1.807) is 6.07 Å². The zero-order valence-corrected chi connectivity index (χ0v) is 23.5. The molecule has 0 saturated heterocycles. The van der Waals surface area contributed by atoms with Gasteiger partial charge in [0.2, 0.25) is 0 Å². The highest BCUT2D eigenvalue weighted by Crippen LogP contribution is 2.36. The van der Waals surface area contributed by atoms with Gasteiger partial charge in [0.1, 0.15) is 0 Å². The van der Waals surface area contributed by atoms with Gasteiger partial charge < -0.3 is 31.5 Å². The maximum absolute atomic E-state index is 10.9. The number of phenols is 2. The van der Waals surface area contributed by atoms with E-state index in [2.05, 4.69) is 22.5 Å². The minimum absolute atomic E-state index is 0.